The molecule has 1 atom stereocenters. The van der Waals surface area contributed by atoms with Crippen LogP contribution in [0.1, 0.15) is 49.4 Å². The van der Waals surface area contributed by atoms with Crippen LogP contribution in [0.15, 0.2) is 12.1 Å². The summed E-state index contributed by atoms with van der Waals surface area (Å²) in [7, 11) is 0. The molecule has 0 radical (unpaired) electrons. The molecule has 0 bridgehead atoms. The van der Waals surface area contributed by atoms with Crippen molar-refractivity contribution in [3.8, 4) is 5.75 Å². The summed E-state index contributed by atoms with van der Waals surface area (Å²) in [6, 6.07) is 2.49. The van der Waals surface area contributed by atoms with Crippen molar-refractivity contribution >= 4 is 5.97 Å². The average molecular weight is 237 g/mol. The molecule has 0 aromatic heterocycles. The predicted molar refractivity (Wildman–Crippen MR) is 66.1 cm³/mol. The maximum atomic E-state index is 11.0. The molecule has 4 N–H and O–H groups in total. The van der Waals surface area contributed by atoms with Gasteiger partial charge in [0.15, 0.2) is 0 Å². The monoisotopic (exact) mass is 237 g/mol. The van der Waals surface area contributed by atoms with Crippen LogP contribution >= 0.6 is 0 Å². The molecule has 0 aliphatic heterocycles. The summed E-state index contributed by atoms with van der Waals surface area (Å²) in [5.41, 5.74) is 7.49. The summed E-state index contributed by atoms with van der Waals surface area (Å²) in [6.45, 7) is 5.79. The second-order valence-corrected chi connectivity index (χ2v) is 4.40. The summed E-state index contributed by atoms with van der Waals surface area (Å²) in [5.74, 6) is -0.990. The van der Waals surface area contributed by atoms with Crippen LogP contribution in [0.4, 0.5) is 0 Å². The van der Waals surface area contributed by atoms with Crippen molar-refractivity contribution < 1.29 is 15.0 Å². The summed E-state index contributed by atoms with van der Waals surface area (Å²) in [6.07, 6.45) is 0.642. The smallest absolute Gasteiger partial charge is 0.325 e. The molecule has 0 saturated heterocycles. The highest BCUT2D eigenvalue weighted by Crippen LogP contribution is 2.34. The van der Waals surface area contributed by atoms with Crippen LogP contribution in [-0.4, -0.2) is 16.2 Å². The highest BCUT2D eigenvalue weighted by Gasteiger charge is 2.24. The van der Waals surface area contributed by atoms with E-state index in [1.165, 1.54) is 0 Å². The number of phenolic OH excluding ortho intramolecular Hbond substituents is 1. The number of phenols is 1. The lowest BCUT2D eigenvalue weighted by atomic mass is 9.89. The molecular weight excluding hydrogens is 218 g/mol. The van der Waals surface area contributed by atoms with Gasteiger partial charge in [0.2, 0.25) is 0 Å². The largest absolute Gasteiger partial charge is 0.507 e. The molecule has 1 unspecified atom stereocenters. The van der Waals surface area contributed by atoms with Gasteiger partial charge in [-0.15, -0.1) is 0 Å². The van der Waals surface area contributed by atoms with Crippen LogP contribution in [0.3, 0.4) is 0 Å². The van der Waals surface area contributed by atoms with E-state index in [2.05, 4.69) is 0 Å². The fourth-order valence-electron chi connectivity index (χ4n) is 1.91. The Morgan fingerprint density at radius 2 is 2.00 bits per heavy atom. The van der Waals surface area contributed by atoms with Crippen molar-refractivity contribution in [2.75, 3.05) is 0 Å². The lowest BCUT2D eigenvalue weighted by Crippen LogP contribution is -2.23. The van der Waals surface area contributed by atoms with Crippen LogP contribution in [0.25, 0.3) is 0 Å². The van der Waals surface area contributed by atoms with Crippen molar-refractivity contribution in [2.45, 2.75) is 39.2 Å². The van der Waals surface area contributed by atoms with Crippen LogP contribution in [-0.2, 0) is 11.2 Å². The van der Waals surface area contributed by atoms with Crippen molar-refractivity contribution in [1.29, 1.82) is 0 Å². The molecule has 94 valence electrons. The number of carbonyl (C=O) groups is 1. The minimum absolute atomic E-state index is 0.0219. The van der Waals surface area contributed by atoms with Crippen LogP contribution < -0.4 is 5.73 Å². The Kier molecular flexibility index (Phi) is 4.12. The van der Waals surface area contributed by atoms with Gasteiger partial charge in [-0.25, -0.2) is 0 Å². The molecule has 0 amide bonds. The van der Waals surface area contributed by atoms with Gasteiger partial charge in [0.05, 0.1) is 0 Å². The number of nitrogens with two attached hydrogens (primary N) is 1. The summed E-state index contributed by atoms with van der Waals surface area (Å²) in [5, 5.41) is 19.1. The van der Waals surface area contributed by atoms with E-state index in [0.717, 1.165) is 11.1 Å². The average Bonchev–Trinajstić information content (AvgIpc) is 2.27. The molecule has 0 aliphatic carbocycles. The van der Waals surface area contributed by atoms with Crippen LogP contribution in [0.5, 0.6) is 5.75 Å². The summed E-state index contributed by atoms with van der Waals surface area (Å²) < 4.78 is 0. The normalized spacial score (nSPS) is 12.8. The third-order valence-electron chi connectivity index (χ3n) is 2.91. The zero-order chi connectivity index (χ0) is 13.2. The minimum Gasteiger partial charge on any atom is -0.507 e. The summed E-state index contributed by atoms with van der Waals surface area (Å²) >= 11 is 0. The fourth-order valence-corrected chi connectivity index (χ4v) is 1.91. The van der Waals surface area contributed by atoms with Gasteiger partial charge in [-0.1, -0.05) is 32.9 Å². The first-order valence-corrected chi connectivity index (χ1v) is 5.73. The lowest BCUT2D eigenvalue weighted by molar-refractivity contribution is -0.138. The number of hydrogen-bond donors (Lipinski definition) is 3. The highest BCUT2D eigenvalue weighted by atomic mass is 16.4. The Balaban J connectivity index is 3.45. The molecule has 0 fully saturated rings. The Bertz CT molecular complexity index is 427. The second kappa shape index (κ2) is 5.19. The Morgan fingerprint density at radius 1 is 1.41 bits per heavy atom. The van der Waals surface area contributed by atoms with E-state index in [0.29, 0.717) is 12.0 Å². The first-order chi connectivity index (χ1) is 7.90. The van der Waals surface area contributed by atoms with Gasteiger partial charge in [0.1, 0.15) is 11.8 Å². The topological polar surface area (TPSA) is 83.6 Å². The molecule has 17 heavy (non-hydrogen) atoms. The molecule has 4 heteroatoms. The number of carboxylic acid groups (broad SMARTS) is 1. The first kappa shape index (κ1) is 13.5. The maximum absolute atomic E-state index is 11.0. The maximum Gasteiger partial charge on any atom is 0.325 e. The van der Waals surface area contributed by atoms with Crippen molar-refractivity contribution in [2.24, 2.45) is 5.73 Å². The molecule has 1 rings (SSSR count). The van der Waals surface area contributed by atoms with Gasteiger partial charge in [-0.2, -0.15) is 0 Å². The van der Waals surface area contributed by atoms with Gasteiger partial charge in [-0.3, -0.25) is 4.79 Å². The third-order valence-corrected chi connectivity index (χ3v) is 2.91. The third kappa shape index (κ3) is 2.58. The SMILES string of the molecule is CCc1ccc(C(C)C)c(C(N)C(=O)O)c1O. The quantitative estimate of drug-likeness (QED) is 0.749. The molecule has 0 heterocycles. The first-order valence-electron chi connectivity index (χ1n) is 5.73. The molecule has 0 spiro atoms. The summed E-state index contributed by atoms with van der Waals surface area (Å²) in [4.78, 5) is 11.0. The number of aliphatic carboxylic acids is 1. The van der Waals surface area contributed by atoms with E-state index in [-0.39, 0.29) is 11.7 Å². The van der Waals surface area contributed by atoms with E-state index in [4.69, 9.17) is 10.8 Å². The van der Waals surface area contributed by atoms with Crippen LogP contribution in [0, 0.1) is 0 Å². The molecule has 0 aliphatic rings. The van der Waals surface area contributed by atoms with Crippen LogP contribution in [0.2, 0.25) is 0 Å². The minimum atomic E-state index is -1.18. The van der Waals surface area contributed by atoms with Crippen molar-refractivity contribution in [1.82, 2.24) is 0 Å². The standard InChI is InChI=1S/C13H19NO3/c1-4-8-5-6-9(7(2)3)10(12(8)15)11(14)13(16)17/h5-7,11,15H,4,14H2,1-3H3,(H,16,17). The molecular formula is C13H19NO3. The second-order valence-electron chi connectivity index (χ2n) is 4.40. The Labute approximate surface area is 101 Å². The zero-order valence-electron chi connectivity index (χ0n) is 10.4. The zero-order valence-corrected chi connectivity index (χ0v) is 10.4. The predicted octanol–water partition coefficient (Wildman–Crippen LogP) is 2.16. The van der Waals surface area contributed by atoms with Gasteiger partial charge < -0.3 is 15.9 Å². The van der Waals surface area contributed by atoms with Gasteiger partial charge in [-0.05, 0) is 23.5 Å². The number of carboxylic acids is 1. The van der Waals surface area contributed by atoms with E-state index >= 15 is 0 Å². The number of rotatable bonds is 4. The van der Waals surface area contributed by atoms with E-state index in [1.54, 1.807) is 0 Å². The van der Waals surface area contributed by atoms with E-state index in [9.17, 15) is 9.90 Å². The Morgan fingerprint density at radius 3 is 2.41 bits per heavy atom. The number of aryl methyl sites for hydroxylation is 1. The number of hydrogen-bond acceptors (Lipinski definition) is 3. The van der Waals surface area contributed by atoms with Gasteiger partial charge in [0, 0.05) is 5.56 Å². The van der Waals surface area contributed by atoms with Crippen molar-refractivity contribution in [3.05, 3.63) is 28.8 Å². The molecule has 4 nitrogen and oxygen atoms in total. The van der Waals surface area contributed by atoms with E-state index < -0.39 is 12.0 Å². The molecule has 1 aromatic carbocycles. The number of aromatic hydroxyl groups is 1. The molecule has 0 saturated carbocycles. The number of benzene rings is 1. The molecule has 1 aromatic rings. The van der Waals surface area contributed by atoms with Gasteiger partial charge >= 0.3 is 5.97 Å². The Hall–Kier alpha value is -1.55. The van der Waals surface area contributed by atoms with Crippen molar-refractivity contribution in [3.63, 3.8) is 0 Å². The van der Waals surface area contributed by atoms with E-state index in [1.807, 2.05) is 32.9 Å². The lowest BCUT2D eigenvalue weighted by Gasteiger charge is -2.19. The van der Waals surface area contributed by atoms with Gasteiger partial charge in [0.25, 0.3) is 0 Å². The highest BCUT2D eigenvalue weighted by molar-refractivity contribution is 5.77. The fraction of sp³-hybridized carbons (Fsp3) is 0.462.